The van der Waals surface area contributed by atoms with Crippen LogP contribution in [-0.2, 0) is 9.59 Å². The lowest BCUT2D eigenvalue weighted by molar-refractivity contribution is -0.159. The molecule has 0 saturated carbocycles. The van der Waals surface area contributed by atoms with Crippen LogP contribution in [0, 0.1) is 0 Å². The van der Waals surface area contributed by atoms with Crippen LogP contribution in [0.4, 0.5) is 0 Å². The number of carbonyl (C=O) groups is 3. The first kappa shape index (κ1) is 18.6. The van der Waals surface area contributed by atoms with Crippen molar-refractivity contribution in [2.45, 2.75) is 19.3 Å². The smallest absolute Gasteiger partial charge is 0.414 e. The largest absolute Gasteiger partial charge is 0.492 e. The number of ether oxygens (including phenoxy) is 1. The quantitative estimate of drug-likeness (QED) is 0.625. The number of hydrogen-bond acceptors (Lipinski definition) is 5. The molecular weight excluding hydrogens is 302 g/mol. The molecule has 1 heterocycles. The summed E-state index contributed by atoms with van der Waals surface area (Å²) in [7, 11) is 0. The monoisotopic (exact) mass is 323 g/mol. The van der Waals surface area contributed by atoms with Gasteiger partial charge in [-0.15, -0.1) is 0 Å². The van der Waals surface area contributed by atoms with E-state index in [0.29, 0.717) is 17.9 Å². The molecule has 0 unspecified atom stereocenters. The number of carboxylic acid groups (broad SMARTS) is 2. The summed E-state index contributed by atoms with van der Waals surface area (Å²) in [6.07, 6.45) is 4.79. The summed E-state index contributed by atoms with van der Waals surface area (Å²) >= 11 is 0. The first-order valence-corrected chi connectivity index (χ1v) is 7.40. The van der Waals surface area contributed by atoms with Crippen molar-refractivity contribution in [1.82, 2.24) is 4.90 Å². The van der Waals surface area contributed by atoms with E-state index in [-0.39, 0.29) is 0 Å². The van der Waals surface area contributed by atoms with E-state index in [0.717, 1.165) is 12.8 Å². The summed E-state index contributed by atoms with van der Waals surface area (Å²) in [5.41, 5.74) is 0.631. The highest BCUT2D eigenvalue weighted by atomic mass is 16.5. The van der Waals surface area contributed by atoms with Crippen LogP contribution in [0.15, 0.2) is 24.3 Å². The summed E-state index contributed by atoms with van der Waals surface area (Å²) in [5.74, 6) is -2.95. The highest BCUT2D eigenvalue weighted by Crippen LogP contribution is 2.15. The van der Waals surface area contributed by atoms with Gasteiger partial charge in [0.05, 0.1) is 5.56 Å². The fraction of sp³-hybridized carbons (Fsp3) is 0.438. The van der Waals surface area contributed by atoms with E-state index in [1.54, 1.807) is 6.07 Å². The lowest BCUT2D eigenvalue weighted by Gasteiger charge is -2.26. The van der Waals surface area contributed by atoms with Crippen molar-refractivity contribution in [3.8, 4) is 5.75 Å². The van der Waals surface area contributed by atoms with Gasteiger partial charge in [-0.25, -0.2) is 9.59 Å². The summed E-state index contributed by atoms with van der Waals surface area (Å²) in [4.78, 5) is 31.4. The molecular formula is C16H21NO6. The average molecular weight is 323 g/mol. The molecule has 23 heavy (non-hydrogen) atoms. The Morgan fingerprint density at radius 1 is 1.09 bits per heavy atom. The summed E-state index contributed by atoms with van der Waals surface area (Å²) < 4.78 is 5.66. The number of carboxylic acids is 2. The molecule has 0 aromatic heterocycles. The third-order valence-electron chi connectivity index (χ3n) is 3.34. The Balaban J connectivity index is 0.000000379. The Labute approximate surface area is 134 Å². The molecule has 2 rings (SSSR count). The second-order valence-electron chi connectivity index (χ2n) is 5.02. The molecule has 0 aliphatic carbocycles. The minimum Gasteiger partial charge on any atom is -0.492 e. The van der Waals surface area contributed by atoms with Crippen molar-refractivity contribution in [1.29, 1.82) is 0 Å². The number of hydrogen-bond donors (Lipinski definition) is 2. The zero-order valence-electron chi connectivity index (χ0n) is 12.8. The van der Waals surface area contributed by atoms with E-state index in [2.05, 4.69) is 4.90 Å². The maximum Gasteiger partial charge on any atom is 0.414 e. The van der Waals surface area contributed by atoms with Crippen molar-refractivity contribution < 1.29 is 29.3 Å². The molecule has 7 nitrogen and oxygen atoms in total. The fourth-order valence-corrected chi connectivity index (χ4v) is 2.18. The van der Waals surface area contributed by atoms with E-state index in [1.807, 2.05) is 18.2 Å². The van der Waals surface area contributed by atoms with Crippen molar-refractivity contribution >= 4 is 18.2 Å². The van der Waals surface area contributed by atoms with Gasteiger partial charge in [-0.1, -0.05) is 18.6 Å². The van der Waals surface area contributed by atoms with Crippen molar-refractivity contribution in [3.05, 3.63) is 29.8 Å². The maximum atomic E-state index is 10.8. The van der Waals surface area contributed by atoms with Gasteiger partial charge >= 0.3 is 11.9 Å². The normalized spacial score (nSPS) is 14.3. The van der Waals surface area contributed by atoms with Gasteiger partial charge in [0.1, 0.15) is 12.4 Å². The van der Waals surface area contributed by atoms with Crippen LogP contribution in [0.2, 0.25) is 0 Å². The predicted molar refractivity (Wildman–Crippen MR) is 82.9 cm³/mol. The van der Waals surface area contributed by atoms with Gasteiger partial charge < -0.3 is 14.9 Å². The van der Waals surface area contributed by atoms with E-state index >= 15 is 0 Å². The summed E-state index contributed by atoms with van der Waals surface area (Å²) in [6, 6.07) is 7.37. The molecule has 0 atom stereocenters. The Bertz CT molecular complexity index is 513. The van der Waals surface area contributed by atoms with E-state index in [4.69, 9.17) is 24.5 Å². The maximum absolute atomic E-state index is 10.8. The second kappa shape index (κ2) is 10.3. The van der Waals surface area contributed by atoms with Gasteiger partial charge in [-0.2, -0.15) is 0 Å². The Morgan fingerprint density at radius 2 is 1.70 bits per heavy atom. The zero-order chi connectivity index (χ0) is 17.1. The van der Waals surface area contributed by atoms with Crippen molar-refractivity contribution in [2.75, 3.05) is 26.2 Å². The van der Waals surface area contributed by atoms with Crippen molar-refractivity contribution in [3.63, 3.8) is 0 Å². The number of benzene rings is 1. The average Bonchev–Trinajstić information content (AvgIpc) is 2.57. The van der Waals surface area contributed by atoms with Gasteiger partial charge in [-0.3, -0.25) is 9.69 Å². The lowest BCUT2D eigenvalue weighted by Crippen LogP contribution is -2.33. The van der Waals surface area contributed by atoms with Gasteiger partial charge in [0.15, 0.2) is 6.29 Å². The molecule has 1 aliphatic rings. The number of piperidine rings is 1. The number of carbonyl (C=O) groups excluding carboxylic acids is 1. The Kier molecular flexibility index (Phi) is 8.38. The first-order valence-electron chi connectivity index (χ1n) is 7.40. The van der Waals surface area contributed by atoms with Crippen LogP contribution < -0.4 is 4.74 Å². The minimum atomic E-state index is -1.82. The third-order valence-corrected chi connectivity index (χ3v) is 3.34. The molecule has 1 aromatic rings. The van der Waals surface area contributed by atoms with Crippen LogP contribution in [0.1, 0.15) is 29.6 Å². The van der Waals surface area contributed by atoms with Gasteiger partial charge in [-0.05, 0) is 38.1 Å². The number of aldehydes is 1. The molecule has 0 amide bonds. The van der Waals surface area contributed by atoms with Gasteiger partial charge in [0, 0.05) is 6.54 Å². The Morgan fingerprint density at radius 3 is 2.26 bits per heavy atom. The predicted octanol–water partition coefficient (Wildman–Crippen LogP) is 1.52. The fourth-order valence-electron chi connectivity index (χ4n) is 2.18. The van der Waals surface area contributed by atoms with E-state index in [9.17, 15) is 4.79 Å². The van der Waals surface area contributed by atoms with Crippen LogP contribution in [0.25, 0.3) is 0 Å². The molecule has 126 valence electrons. The molecule has 0 spiro atoms. The molecule has 2 N–H and O–H groups in total. The van der Waals surface area contributed by atoms with Gasteiger partial charge in [0.25, 0.3) is 0 Å². The minimum absolute atomic E-state index is 0.631. The SMILES string of the molecule is O=C(O)C(=O)O.O=Cc1ccccc1OCCN1CCCCC1. The first-order chi connectivity index (χ1) is 11.0. The highest BCUT2D eigenvalue weighted by molar-refractivity contribution is 6.27. The number of rotatable bonds is 5. The zero-order valence-corrected chi connectivity index (χ0v) is 12.8. The lowest BCUT2D eigenvalue weighted by atomic mass is 10.1. The van der Waals surface area contributed by atoms with Crippen LogP contribution in [0.3, 0.4) is 0 Å². The molecule has 0 bridgehead atoms. The number of para-hydroxylation sites is 1. The van der Waals surface area contributed by atoms with Crippen LogP contribution in [-0.4, -0.2) is 59.6 Å². The third kappa shape index (κ3) is 7.42. The second-order valence-corrected chi connectivity index (χ2v) is 5.02. The topological polar surface area (TPSA) is 104 Å². The summed E-state index contributed by atoms with van der Waals surface area (Å²) in [5, 5.41) is 14.8. The molecule has 1 aromatic carbocycles. The number of aliphatic carboxylic acids is 2. The van der Waals surface area contributed by atoms with Crippen LogP contribution >= 0.6 is 0 Å². The summed E-state index contributed by atoms with van der Waals surface area (Å²) in [6.45, 7) is 3.97. The molecule has 0 radical (unpaired) electrons. The molecule has 1 aliphatic heterocycles. The van der Waals surface area contributed by atoms with E-state index < -0.39 is 11.9 Å². The van der Waals surface area contributed by atoms with Crippen LogP contribution in [0.5, 0.6) is 5.75 Å². The highest BCUT2D eigenvalue weighted by Gasteiger charge is 2.10. The van der Waals surface area contributed by atoms with Crippen molar-refractivity contribution in [2.24, 2.45) is 0 Å². The molecule has 7 heteroatoms. The molecule has 1 fully saturated rings. The standard InChI is InChI=1S/C14H19NO2.C2H2O4/c16-12-13-6-2-3-7-14(13)17-11-10-15-8-4-1-5-9-15;3-1(4)2(5)6/h2-3,6-7,12H,1,4-5,8-11H2;(H,3,4)(H,5,6). The van der Waals surface area contributed by atoms with E-state index in [1.165, 1.54) is 32.4 Å². The number of likely N-dealkylation sites (tertiary alicyclic amines) is 1. The Hall–Kier alpha value is -2.41. The molecule has 1 saturated heterocycles. The van der Waals surface area contributed by atoms with Gasteiger partial charge in [0.2, 0.25) is 0 Å². The number of nitrogens with zero attached hydrogens (tertiary/aromatic N) is 1.